The summed E-state index contributed by atoms with van der Waals surface area (Å²) in [6, 6.07) is 3.89. The summed E-state index contributed by atoms with van der Waals surface area (Å²) in [7, 11) is 0. The summed E-state index contributed by atoms with van der Waals surface area (Å²) in [5.74, 6) is -3.44. The number of phenols is 1. The highest BCUT2D eigenvalue weighted by Crippen LogP contribution is 2.30. The number of carbonyl (C=O) groups is 2. The Balaban J connectivity index is 3.08. The van der Waals surface area contributed by atoms with Crippen molar-refractivity contribution < 1.29 is 29.3 Å². The molecule has 0 saturated carbocycles. The number of halogens is 1. The molecule has 1 atom stereocenters. The number of carbonyl (C=O) groups excluding carboxylic acids is 2. The van der Waals surface area contributed by atoms with E-state index in [1.54, 1.807) is 13.8 Å². The Morgan fingerprint density at radius 3 is 2.14 bits per heavy atom. The first-order valence-electron chi connectivity index (χ1n) is 6.42. The van der Waals surface area contributed by atoms with Gasteiger partial charge in [0.25, 0.3) is 0 Å². The molecule has 1 rings (SSSR count). The van der Waals surface area contributed by atoms with Crippen molar-refractivity contribution in [3.63, 3.8) is 0 Å². The van der Waals surface area contributed by atoms with Crippen LogP contribution in [-0.4, -0.2) is 35.4 Å². The first-order valence-corrected chi connectivity index (χ1v) is 6.79. The van der Waals surface area contributed by atoms with Crippen LogP contribution in [0.15, 0.2) is 18.2 Å². The van der Waals surface area contributed by atoms with E-state index < -0.39 is 24.0 Å². The van der Waals surface area contributed by atoms with E-state index in [0.717, 1.165) is 0 Å². The van der Waals surface area contributed by atoms with Crippen molar-refractivity contribution in [2.45, 2.75) is 20.0 Å². The minimum Gasteiger partial charge on any atom is -0.506 e. The fraction of sp³-hybridized carbons (Fsp3) is 0.429. The summed E-state index contributed by atoms with van der Waals surface area (Å²) in [4.78, 5) is 23.7. The third-order valence-electron chi connectivity index (χ3n) is 2.71. The summed E-state index contributed by atoms with van der Waals surface area (Å²) in [6.07, 6.45) is -1.49. The third-order valence-corrected chi connectivity index (χ3v) is 3.01. The van der Waals surface area contributed by atoms with E-state index in [1.807, 2.05) is 0 Å². The number of esters is 2. The monoisotopic (exact) mass is 316 g/mol. The van der Waals surface area contributed by atoms with Gasteiger partial charge in [-0.1, -0.05) is 17.7 Å². The topological polar surface area (TPSA) is 93.1 Å². The van der Waals surface area contributed by atoms with Gasteiger partial charge in [-0.15, -0.1) is 0 Å². The van der Waals surface area contributed by atoms with Crippen molar-refractivity contribution in [3.05, 3.63) is 28.8 Å². The molecule has 0 fully saturated rings. The van der Waals surface area contributed by atoms with Gasteiger partial charge in [0, 0.05) is 0 Å². The van der Waals surface area contributed by atoms with Gasteiger partial charge in [0.15, 0.2) is 5.92 Å². The average molecular weight is 317 g/mol. The maximum Gasteiger partial charge on any atom is 0.323 e. The van der Waals surface area contributed by atoms with Crippen molar-refractivity contribution in [1.29, 1.82) is 0 Å². The van der Waals surface area contributed by atoms with Crippen LogP contribution < -0.4 is 0 Å². The molecular weight excluding hydrogens is 300 g/mol. The van der Waals surface area contributed by atoms with Crippen molar-refractivity contribution in [3.8, 4) is 5.75 Å². The predicted octanol–water partition coefficient (Wildman–Crippen LogP) is 1.82. The Morgan fingerprint density at radius 2 is 1.71 bits per heavy atom. The quantitative estimate of drug-likeness (QED) is 0.614. The van der Waals surface area contributed by atoms with Gasteiger partial charge in [0.1, 0.15) is 11.9 Å². The fourth-order valence-corrected chi connectivity index (χ4v) is 1.91. The summed E-state index contributed by atoms with van der Waals surface area (Å²) in [6.45, 7) is 3.31. The van der Waals surface area contributed by atoms with Gasteiger partial charge in [-0.25, -0.2) is 0 Å². The number of hydrogen-bond donors (Lipinski definition) is 2. The first-order chi connectivity index (χ1) is 9.92. The molecule has 0 amide bonds. The second-order valence-electron chi connectivity index (χ2n) is 4.14. The maximum atomic E-state index is 11.9. The molecular formula is C14H17ClO6. The minimum absolute atomic E-state index is 0.00184. The van der Waals surface area contributed by atoms with Crippen LogP contribution >= 0.6 is 11.6 Å². The number of ether oxygens (including phenoxy) is 2. The van der Waals surface area contributed by atoms with Crippen LogP contribution in [0.4, 0.5) is 0 Å². The molecule has 1 aromatic carbocycles. The molecule has 0 saturated heterocycles. The SMILES string of the molecule is CCOC(=O)C(C(=O)OCC)C(O)c1ccc(O)c(Cl)c1. The Labute approximate surface area is 127 Å². The third kappa shape index (κ3) is 4.34. The first kappa shape index (κ1) is 17.3. The number of hydrogen-bond acceptors (Lipinski definition) is 6. The molecule has 2 N–H and O–H groups in total. The van der Waals surface area contributed by atoms with Gasteiger partial charge in [-0.05, 0) is 31.5 Å². The molecule has 0 bridgehead atoms. The molecule has 1 unspecified atom stereocenters. The predicted molar refractivity (Wildman–Crippen MR) is 74.8 cm³/mol. The molecule has 0 heterocycles. The number of aromatic hydroxyl groups is 1. The lowest BCUT2D eigenvalue weighted by atomic mass is 9.95. The van der Waals surface area contributed by atoms with Crippen LogP contribution in [0.3, 0.4) is 0 Å². The second kappa shape index (κ2) is 7.85. The number of benzene rings is 1. The molecule has 7 heteroatoms. The fourth-order valence-electron chi connectivity index (χ4n) is 1.72. The normalized spacial score (nSPS) is 12.0. The summed E-state index contributed by atoms with van der Waals surface area (Å²) < 4.78 is 9.57. The van der Waals surface area contributed by atoms with Gasteiger partial charge in [-0.3, -0.25) is 9.59 Å². The molecule has 0 aliphatic heterocycles. The lowest BCUT2D eigenvalue weighted by Gasteiger charge is -2.20. The summed E-state index contributed by atoms with van der Waals surface area (Å²) >= 11 is 5.75. The smallest absolute Gasteiger partial charge is 0.323 e. The Bertz CT molecular complexity index is 498. The Kier molecular flexibility index (Phi) is 6.45. The van der Waals surface area contributed by atoms with E-state index in [-0.39, 0.29) is 29.5 Å². The van der Waals surface area contributed by atoms with Crippen molar-refractivity contribution >= 4 is 23.5 Å². The van der Waals surface area contributed by atoms with Crippen LogP contribution in [0.2, 0.25) is 5.02 Å². The average Bonchev–Trinajstić information content (AvgIpc) is 2.42. The molecule has 0 radical (unpaired) electrons. The number of aliphatic hydroxyl groups is 1. The van der Waals surface area contributed by atoms with Gasteiger partial charge in [-0.2, -0.15) is 0 Å². The van der Waals surface area contributed by atoms with E-state index in [2.05, 4.69) is 0 Å². The van der Waals surface area contributed by atoms with Crippen molar-refractivity contribution in [2.24, 2.45) is 5.92 Å². The highest BCUT2D eigenvalue weighted by Gasteiger charge is 2.37. The van der Waals surface area contributed by atoms with Gasteiger partial charge in [0.05, 0.1) is 18.2 Å². The van der Waals surface area contributed by atoms with Crippen molar-refractivity contribution in [2.75, 3.05) is 13.2 Å². The Hall–Kier alpha value is -1.79. The number of phenolic OH excluding ortho intramolecular Hbond substituents is 1. The van der Waals surface area contributed by atoms with Crippen molar-refractivity contribution in [1.82, 2.24) is 0 Å². The minimum atomic E-state index is -1.51. The number of aliphatic hydroxyl groups excluding tert-OH is 1. The molecule has 116 valence electrons. The molecule has 1 aromatic rings. The standard InChI is InChI=1S/C14H17ClO6/c1-3-20-13(18)11(14(19)21-4-2)12(17)8-5-6-10(16)9(15)7-8/h5-7,11-12,16-17H,3-4H2,1-2H3. The van der Waals surface area contributed by atoms with Crippen LogP contribution in [0.5, 0.6) is 5.75 Å². The van der Waals surface area contributed by atoms with Gasteiger partial charge in [0.2, 0.25) is 0 Å². The second-order valence-corrected chi connectivity index (χ2v) is 4.54. The number of rotatable bonds is 6. The highest BCUT2D eigenvalue weighted by molar-refractivity contribution is 6.32. The molecule has 0 aromatic heterocycles. The van der Waals surface area contributed by atoms with E-state index >= 15 is 0 Å². The lowest BCUT2D eigenvalue weighted by Crippen LogP contribution is -2.33. The lowest BCUT2D eigenvalue weighted by molar-refractivity contribution is -0.167. The van der Waals surface area contributed by atoms with Crippen LogP contribution in [0, 0.1) is 5.92 Å². The van der Waals surface area contributed by atoms with Crippen LogP contribution in [0.1, 0.15) is 25.5 Å². The zero-order chi connectivity index (χ0) is 16.0. The van der Waals surface area contributed by atoms with E-state index in [9.17, 15) is 19.8 Å². The molecule has 6 nitrogen and oxygen atoms in total. The molecule has 0 aliphatic carbocycles. The Morgan fingerprint density at radius 1 is 1.19 bits per heavy atom. The van der Waals surface area contributed by atoms with E-state index in [1.165, 1.54) is 18.2 Å². The largest absolute Gasteiger partial charge is 0.506 e. The van der Waals surface area contributed by atoms with E-state index in [0.29, 0.717) is 0 Å². The van der Waals surface area contributed by atoms with Crippen LogP contribution in [-0.2, 0) is 19.1 Å². The summed E-state index contributed by atoms with van der Waals surface area (Å²) in [5, 5.41) is 19.6. The zero-order valence-corrected chi connectivity index (χ0v) is 12.5. The van der Waals surface area contributed by atoms with Gasteiger partial charge < -0.3 is 19.7 Å². The van der Waals surface area contributed by atoms with E-state index in [4.69, 9.17) is 21.1 Å². The molecule has 0 spiro atoms. The molecule has 21 heavy (non-hydrogen) atoms. The van der Waals surface area contributed by atoms with Gasteiger partial charge >= 0.3 is 11.9 Å². The maximum absolute atomic E-state index is 11.9. The summed E-state index contributed by atoms with van der Waals surface area (Å²) in [5.41, 5.74) is 0.198. The highest BCUT2D eigenvalue weighted by atomic mass is 35.5. The zero-order valence-electron chi connectivity index (χ0n) is 11.7. The van der Waals surface area contributed by atoms with Crippen LogP contribution in [0.25, 0.3) is 0 Å². The molecule has 0 aliphatic rings.